The minimum absolute atomic E-state index is 0.0806. The first-order valence-corrected chi connectivity index (χ1v) is 9.58. The van der Waals surface area contributed by atoms with Gasteiger partial charge in [-0.2, -0.15) is 0 Å². The molecule has 0 unspecified atom stereocenters. The zero-order valence-electron chi connectivity index (χ0n) is 15.8. The lowest BCUT2D eigenvalue weighted by atomic mass is 9.94. The van der Waals surface area contributed by atoms with E-state index in [2.05, 4.69) is 0 Å². The molecular formula is C23H23NO4. The molecule has 2 aliphatic rings. The van der Waals surface area contributed by atoms with Crippen LogP contribution in [-0.2, 0) is 14.3 Å². The molecule has 0 aromatic heterocycles. The van der Waals surface area contributed by atoms with Crippen molar-refractivity contribution in [2.24, 2.45) is 0 Å². The summed E-state index contributed by atoms with van der Waals surface area (Å²) in [5.41, 5.74) is 2.55. The minimum atomic E-state index is -0.648. The molecule has 2 saturated heterocycles. The van der Waals surface area contributed by atoms with Crippen LogP contribution in [-0.4, -0.2) is 41.0 Å². The first-order chi connectivity index (χ1) is 13.6. The quantitative estimate of drug-likeness (QED) is 0.502. The third-order valence-electron chi connectivity index (χ3n) is 5.40. The van der Waals surface area contributed by atoms with Crippen molar-refractivity contribution in [1.29, 1.82) is 0 Å². The smallest absolute Gasteiger partial charge is 0.295 e. The van der Waals surface area contributed by atoms with Crippen LogP contribution in [0.5, 0.6) is 0 Å². The largest absolute Gasteiger partial charge is 0.507 e. The second-order valence-electron chi connectivity index (χ2n) is 7.36. The highest BCUT2D eigenvalue weighted by Gasteiger charge is 2.46. The number of rotatable bonds is 4. The molecule has 2 atom stereocenters. The van der Waals surface area contributed by atoms with Crippen molar-refractivity contribution in [3.63, 3.8) is 0 Å². The normalized spacial score (nSPS) is 24.1. The summed E-state index contributed by atoms with van der Waals surface area (Å²) in [6.07, 6.45) is 1.73. The molecule has 2 aliphatic heterocycles. The van der Waals surface area contributed by atoms with E-state index in [1.807, 2.05) is 37.3 Å². The molecule has 144 valence electrons. The highest BCUT2D eigenvalue weighted by molar-refractivity contribution is 6.46. The van der Waals surface area contributed by atoms with Gasteiger partial charge in [0.15, 0.2) is 0 Å². The average molecular weight is 377 g/mol. The Morgan fingerprint density at radius 3 is 2.46 bits per heavy atom. The van der Waals surface area contributed by atoms with Crippen molar-refractivity contribution in [2.45, 2.75) is 31.9 Å². The van der Waals surface area contributed by atoms with Gasteiger partial charge in [-0.3, -0.25) is 9.59 Å². The van der Waals surface area contributed by atoms with E-state index in [-0.39, 0.29) is 17.4 Å². The van der Waals surface area contributed by atoms with E-state index >= 15 is 0 Å². The topological polar surface area (TPSA) is 66.8 Å². The Balaban J connectivity index is 1.81. The first kappa shape index (κ1) is 18.4. The summed E-state index contributed by atoms with van der Waals surface area (Å²) in [6.45, 7) is 3.00. The Morgan fingerprint density at radius 1 is 1.11 bits per heavy atom. The summed E-state index contributed by atoms with van der Waals surface area (Å²) < 4.78 is 5.70. The van der Waals surface area contributed by atoms with E-state index in [4.69, 9.17) is 4.74 Å². The number of ether oxygens (including phenoxy) is 1. The lowest BCUT2D eigenvalue weighted by molar-refractivity contribution is -0.140. The van der Waals surface area contributed by atoms with Crippen molar-refractivity contribution in [2.75, 3.05) is 13.2 Å². The Hall–Kier alpha value is -2.92. The molecule has 0 saturated carbocycles. The number of carbonyl (C=O) groups excluding carboxylic acids is 2. The fourth-order valence-electron chi connectivity index (χ4n) is 3.92. The fourth-order valence-corrected chi connectivity index (χ4v) is 3.92. The van der Waals surface area contributed by atoms with Crippen molar-refractivity contribution < 1.29 is 19.4 Å². The molecule has 5 heteroatoms. The number of benzene rings is 2. The highest BCUT2D eigenvalue weighted by Crippen LogP contribution is 2.40. The molecular weight excluding hydrogens is 354 g/mol. The van der Waals surface area contributed by atoms with E-state index in [1.54, 1.807) is 29.2 Å². The summed E-state index contributed by atoms with van der Waals surface area (Å²) in [5.74, 6) is -1.37. The van der Waals surface area contributed by atoms with Gasteiger partial charge in [-0.25, -0.2) is 0 Å². The van der Waals surface area contributed by atoms with Crippen molar-refractivity contribution in [3.8, 4) is 0 Å². The average Bonchev–Trinajstić information content (AvgIpc) is 3.31. The summed E-state index contributed by atoms with van der Waals surface area (Å²) >= 11 is 0. The van der Waals surface area contributed by atoms with Crippen LogP contribution in [0, 0.1) is 6.92 Å². The van der Waals surface area contributed by atoms with Gasteiger partial charge in [-0.15, -0.1) is 0 Å². The molecule has 2 aromatic carbocycles. The van der Waals surface area contributed by atoms with E-state index in [0.29, 0.717) is 18.7 Å². The Bertz CT molecular complexity index is 911. The van der Waals surface area contributed by atoms with Gasteiger partial charge in [0, 0.05) is 18.7 Å². The maximum absolute atomic E-state index is 12.9. The lowest BCUT2D eigenvalue weighted by Crippen LogP contribution is -2.36. The zero-order chi connectivity index (χ0) is 19.7. The van der Waals surface area contributed by atoms with Crippen LogP contribution in [0.25, 0.3) is 5.76 Å². The van der Waals surface area contributed by atoms with Crippen LogP contribution in [0.4, 0.5) is 0 Å². The number of hydrogen-bond donors (Lipinski definition) is 1. The lowest BCUT2D eigenvalue weighted by Gasteiger charge is -2.27. The third kappa shape index (κ3) is 3.34. The predicted octanol–water partition coefficient (Wildman–Crippen LogP) is 3.60. The number of ketones is 1. The van der Waals surface area contributed by atoms with Gasteiger partial charge in [-0.1, -0.05) is 60.2 Å². The summed E-state index contributed by atoms with van der Waals surface area (Å²) in [4.78, 5) is 27.3. The number of hydrogen-bond acceptors (Lipinski definition) is 4. The van der Waals surface area contributed by atoms with Crippen molar-refractivity contribution in [3.05, 3.63) is 76.9 Å². The SMILES string of the molecule is Cc1ccc([C@@H]2C(=C(O)c3ccccc3)C(=O)C(=O)N2C[C@@H]2CCCO2)cc1. The van der Waals surface area contributed by atoms with Gasteiger partial charge in [0.25, 0.3) is 11.7 Å². The van der Waals surface area contributed by atoms with E-state index < -0.39 is 17.7 Å². The van der Waals surface area contributed by atoms with Gasteiger partial charge in [-0.05, 0) is 25.3 Å². The molecule has 28 heavy (non-hydrogen) atoms. The van der Waals surface area contributed by atoms with E-state index in [9.17, 15) is 14.7 Å². The molecule has 2 aromatic rings. The second kappa shape index (κ2) is 7.60. The van der Waals surface area contributed by atoms with Gasteiger partial charge in [0.2, 0.25) is 0 Å². The standard InChI is InChI=1S/C23H23NO4/c1-15-9-11-16(12-10-15)20-19(21(25)17-6-3-2-4-7-17)22(26)23(27)24(20)14-18-8-5-13-28-18/h2-4,6-7,9-12,18,20,25H,5,8,13-14H2,1H3/t18-,20+/m0/s1. The molecule has 1 amide bonds. The number of aliphatic hydroxyl groups is 1. The van der Waals surface area contributed by atoms with Crippen LogP contribution in [0.2, 0.25) is 0 Å². The molecule has 2 fully saturated rings. The Labute approximate surface area is 164 Å². The van der Waals surface area contributed by atoms with Gasteiger partial charge < -0.3 is 14.7 Å². The maximum atomic E-state index is 12.9. The summed E-state index contributed by atoms with van der Waals surface area (Å²) in [6, 6.07) is 16.0. The molecule has 0 bridgehead atoms. The Morgan fingerprint density at radius 2 is 1.82 bits per heavy atom. The molecule has 2 heterocycles. The number of amides is 1. The second-order valence-corrected chi connectivity index (χ2v) is 7.36. The van der Waals surface area contributed by atoms with Crippen LogP contribution in [0.15, 0.2) is 60.2 Å². The summed E-state index contributed by atoms with van der Waals surface area (Å²) in [5, 5.41) is 10.9. The molecule has 4 rings (SSSR count). The van der Waals surface area contributed by atoms with Gasteiger partial charge in [0.1, 0.15) is 5.76 Å². The van der Waals surface area contributed by atoms with Gasteiger partial charge >= 0.3 is 0 Å². The van der Waals surface area contributed by atoms with E-state index in [0.717, 1.165) is 24.0 Å². The summed E-state index contributed by atoms with van der Waals surface area (Å²) in [7, 11) is 0. The molecule has 0 radical (unpaired) electrons. The monoisotopic (exact) mass is 377 g/mol. The highest BCUT2D eigenvalue weighted by atomic mass is 16.5. The molecule has 0 spiro atoms. The zero-order valence-corrected chi connectivity index (χ0v) is 15.8. The van der Waals surface area contributed by atoms with E-state index in [1.165, 1.54) is 0 Å². The predicted molar refractivity (Wildman–Crippen MR) is 106 cm³/mol. The third-order valence-corrected chi connectivity index (χ3v) is 5.40. The number of carbonyl (C=O) groups is 2. The number of aliphatic hydroxyl groups excluding tert-OH is 1. The van der Waals surface area contributed by atoms with Crippen LogP contribution in [0.3, 0.4) is 0 Å². The maximum Gasteiger partial charge on any atom is 0.295 e. The van der Waals surface area contributed by atoms with Crippen LogP contribution in [0.1, 0.15) is 35.6 Å². The van der Waals surface area contributed by atoms with Crippen LogP contribution >= 0.6 is 0 Å². The van der Waals surface area contributed by atoms with Crippen LogP contribution < -0.4 is 0 Å². The van der Waals surface area contributed by atoms with Crippen molar-refractivity contribution >= 4 is 17.4 Å². The van der Waals surface area contributed by atoms with Crippen molar-refractivity contribution in [1.82, 2.24) is 4.90 Å². The molecule has 5 nitrogen and oxygen atoms in total. The number of aryl methyl sites for hydroxylation is 1. The minimum Gasteiger partial charge on any atom is -0.507 e. The first-order valence-electron chi connectivity index (χ1n) is 9.58. The molecule has 1 N–H and O–H groups in total. The Kier molecular flexibility index (Phi) is 5.01. The number of Topliss-reactive ketones (excluding diaryl/α,β-unsaturated/α-hetero) is 1. The molecule has 0 aliphatic carbocycles. The number of nitrogens with zero attached hydrogens (tertiary/aromatic N) is 1. The van der Waals surface area contributed by atoms with Gasteiger partial charge in [0.05, 0.1) is 17.7 Å². The fraction of sp³-hybridized carbons (Fsp3) is 0.304. The number of likely N-dealkylation sites (tertiary alicyclic amines) is 1.